The summed E-state index contributed by atoms with van der Waals surface area (Å²) < 4.78 is 13.0. The van der Waals surface area contributed by atoms with Gasteiger partial charge in [-0.05, 0) is 37.0 Å². The molecule has 1 amide bonds. The first-order valence-electron chi connectivity index (χ1n) is 6.33. The number of hydrogen-bond acceptors (Lipinski definition) is 1. The summed E-state index contributed by atoms with van der Waals surface area (Å²) in [5.41, 5.74) is 2.25. The lowest BCUT2D eigenvalue weighted by molar-refractivity contribution is -0.128. The van der Waals surface area contributed by atoms with Crippen LogP contribution in [0.15, 0.2) is 35.9 Å². The first kappa shape index (κ1) is 12.8. The molecule has 0 saturated carbocycles. The molecule has 1 fully saturated rings. The van der Waals surface area contributed by atoms with Gasteiger partial charge in [-0.3, -0.25) is 4.79 Å². The summed E-state index contributed by atoms with van der Waals surface area (Å²) >= 11 is 0. The third-order valence-corrected chi connectivity index (χ3v) is 3.28. The number of carbonyl (C=O) groups excluding carboxylic acids is 1. The molecule has 0 atom stereocenters. The van der Waals surface area contributed by atoms with Crippen molar-refractivity contribution in [2.75, 3.05) is 13.1 Å². The number of allylic oxidation sites excluding steroid dienone is 1. The van der Waals surface area contributed by atoms with Gasteiger partial charge >= 0.3 is 0 Å². The lowest BCUT2D eigenvalue weighted by atomic mass is 10.0. The second-order valence-corrected chi connectivity index (χ2v) is 4.74. The highest BCUT2D eigenvalue weighted by Gasteiger charge is 2.15. The van der Waals surface area contributed by atoms with Crippen molar-refractivity contribution in [3.8, 4) is 0 Å². The molecule has 1 aromatic rings. The highest BCUT2D eigenvalue weighted by molar-refractivity contribution is 5.73. The van der Waals surface area contributed by atoms with Crippen LogP contribution in [0.5, 0.6) is 0 Å². The van der Waals surface area contributed by atoms with Crippen molar-refractivity contribution in [3.63, 3.8) is 0 Å². The van der Waals surface area contributed by atoms with Gasteiger partial charge in [0.1, 0.15) is 5.82 Å². The zero-order chi connectivity index (χ0) is 13.0. The minimum Gasteiger partial charge on any atom is -0.339 e. The monoisotopic (exact) mass is 247 g/mol. The van der Waals surface area contributed by atoms with E-state index in [1.807, 2.05) is 11.0 Å². The topological polar surface area (TPSA) is 20.3 Å². The molecule has 0 radical (unpaired) electrons. The Kier molecular flexibility index (Phi) is 4.13. The van der Waals surface area contributed by atoms with Gasteiger partial charge in [0.25, 0.3) is 0 Å². The molecule has 1 aromatic carbocycles. The minimum absolute atomic E-state index is 0.131. The zero-order valence-electron chi connectivity index (χ0n) is 10.7. The van der Waals surface area contributed by atoms with Crippen molar-refractivity contribution in [2.24, 2.45) is 0 Å². The molecule has 0 bridgehead atoms. The Morgan fingerprint density at radius 3 is 3.06 bits per heavy atom. The predicted octanol–water partition coefficient (Wildman–Crippen LogP) is 2.94. The van der Waals surface area contributed by atoms with Crippen LogP contribution in [0.3, 0.4) is 0 Å². The Bertz CT molecular complexity index is 467. The van der Waals surface area contributed by atoms with E-state index in [0.717, 1.165) is 37.9 Å². The zero-order valence-corrected chi connectivity index (χ0v) is 10.7. The van der Waals surface area contributed by atoms with Crippen LogP contribution in [0.2, 0.25) is 0 Å². The number of halogens is 1. The van der Waals surface area contributed by atoms with Gasteiger partial charge in [0, 0.05) is 20.0 Å². The normalized spacial score (nSPS) is 18.1. The average molecular weight is 247 g/mol. The number of amides is 1. The molecule has 3 heteroatoms. The molecule has 0 unspecified atom stereocenters. The van der Waals surface area contributed by atoms with Gasteiger partial charge in [-0.2, -0.15) is 0 Å². The van der Waals surface area contributed by atoms with Crippen molar-refractivity contribution in [1.82, 2.24) is 4.90 Å². The van der Waals surface area contributed by atoms with Gasteiger partial charge in [0.05, 0.1) is 0 Å². The van der Waals surface area contributed by atoms with Crippen LogP contribution in [0, 0.1) is 5.82 Å². The molecule has 1 saturated heterocycles. The van der Waals surface area contributed by atoms with Crippen LogP contribution in [0.4, 0.5) is 4.39 Å². The van der Waals surface area contributed by atoms with Crippen LogP contribution < -0.4 is 0 Å². The molecule has 0 aliphatic carbocycles. The maximum absolute atomic E-state index is 13.0. The molecule has 1 aliphatic heterocycles. The van der Waals surface area contributed by atoms with Crippen LogP contribution in [-0.2, 0) is 11.2 Å². The Balaban J connectivity index is 1.98. The summed E-state index contributed by atoms with van der Waals surface area (Å²) in [6, 6.07) is 6.66. The molecule has 96 valence electrons. The average Bonchev–Trinajstić information content (AvgIpc) is 2.37. The summed E-state index contributed by atoms with van der Waals surface area (Å²) in [6.07, 6.45) is 4.93. The van der Waals surface area contributed by atoms with Gasteiger partial charge in [-0.15, -0.1) is 0 Å². The molecule has 2 nitrogen and oxygen atoms in total. The number of piperidine rings is 1. The second-order valence-electron chi connectivity index (χ2n) is 4.74. The third kappa shape index (κ3) is 3.42. The Morgan fingerprint density at radius 2 is 2.33 bits per heavy atom. The lowest BCUT2D eigenvalue weighted by Gasteiger charge is -2.27. The Labute approximate surface area is 107 Å². The maximum atomic E-state index is 13.0. The van der Waals surface area contributed by atoms with E-state index in [2.05, 4.69) is 6.08 Å². The van der Waals surface area contributed by atoms with Gasteiger partial charge < -0.3 is 4.90 Å². The summed E-state index contributed by atoms with van der Waals surface area (Å²) in [5.74, 6) is -0.0636. The number of nitrogens with zero attached hydrogens (tertiary/aromatic N) is 1. The van der Waals surface area contributed by atoms with Gasteiger partial charge in [-0.25, -0.2) is 4.39 Å². The lowest BCUT2D eigenvalue weighted by Crippen LogP contribution is -2.35. The Morgan fingerprint density at radius 1 is 1.50 bits per heavy atom. The first-order valence-corrected chi connectivity index (χ1v) is 6.33. The van der Waals surface area contributed by atoms with Crippen molar-refractivity contribution < 1.29 is 9.18 Å². The van der Waals surface area contributed by atoms with E-state index in [-0.39, 0.29) is 11.7 Å². The van der Waals surface area contributed by atoms with Gasteiger partial charge in [0.15, 0.2) is 0 Å². The number of rotatable bonds is 2. The van der Waals surface area contributed by atoms with Crippen LogP contribution in [0.25, 0.3) is 0 Å². The summed E-state index contributed by atoms with van der Waals surface area (Å²) in [7, 11) is 0. The van der Waals surface area contributed by atoms with E-state index in [1.165, 1.54) is 11.6 Å². The summed E-state index contributed by atoms with van der Waals surface area (Å²) in [6.45, 7) is 3.19. The van der Waals surface area contributed by atoms with E-state index in [1.54, 1.807) is 19.1 Å². The van der Waals surface area contributed by atoms with Crippen LogP contribution in [-0.4, -0.2) is 23.9 Å². The van der Waals surface area contributed by atoms with Crippen molar-refractivity contribution in [3.05, 3.63) is 47.3 Å². The molecule has 0 aromatic heterocycles. The summed E-state index contributed by atoms with van der Waals surface area (Å²) in [4.78, 5) is 13.2. The molecule has 2 rings (SSSR count). The highest BCUT2D eigenvalue weighted by Crippen LogP contribution is 2.16. The quantitative estimate of drug-likeness (QED) is 0.736. The fraction of sp³-hybridized carbons (Fsp3) is 0.400. The standard InChI is InChI=1S/C15H18FNO/c1-12(18)17-9-3-5-14(11-17)8-7-13-4-2-6-15(16)10-13/h2,4,6,8,10H,3,5,7,9,11H2,1H3/b14-8+. The SMILES string of the molecule is CC(=O)N1CCC/C(=C\Cc2cccc(F)c2)C1. The number of likely N-dealkylation sites (tertiary alicyclic amines) is 1. The Hall–Kier alpha value is -1.64. The van der Waals surface area contributed by atoms with Crippen molar-refractivity contribution in [1.29, 1.82) is 0 Å². The molecule has 1 heterocycles. The minimum atomic E-state index is -0.195. The van der Waals surface area contributed by atoms with Crippen LogP contribution >= 0.6 is 0 Å². The summed E-state index contributed by atoms with van der Waals surface area (Å²) in [5, 5.41) is 0. The van der Waals surface area contributed by atoms with Gasteiger partial charge in [0.2, 0.25) is 5.91 Å². The molecule has 0 spiro atoms. The van der Waals surface area contributed by atoms with E-state index >= 15 is 0 Å². The van der Waals surface area contributed by atoms with Crippen molar-refractivity contribution >= 4 is 5.91 Å². The fourth-order valence-corrected chi connectivity index (χ4v) is 2.26. The molecular formula is C15H18FNO. The number of benzene rings is 1. The molecular weight excluding hydrogens is 229 g/mol. The van der Waals surface area contributed by atoms with E-state index in [4.69, 9.17) is 0 Å². The first-order chi connectivity index (χ1) is 8.65. The maximum Gasteiger partial charge on any atom is 0.219 e. The number of carbonyl (C=O) groups is 1. The van der Waals surface area contributed by atoms with E-state index in [9.17, 15) is 9.18 Å². The van der Waals surface area contributed by atoms with Crippen molar-refractivity contribution in [2.45, 2.75) is 26.2 Å². The van der Waals surface area contributed by atoms with Crippen LogP contribution in [0.1, 0.15) is 25.3 Å². The highest BCUT2D eigenvalue weighted by atomic mass is 19.1. The largest absolute Gasteiger partial charge is 0.339 e. The smallest absolute Gasteiger partial charge is 0.219 e. The van der Waals surface area contributed by atoms with Gasteiger partial charge in [-0.1, -0.05) is 23.8 Å². The van der Waals surface area contributed by atoms with E-state index in [0.29, 0.717) is 0 Å². The molecule has 0 N–H and O–H groups in total. The molecule has 18 heavy (non-hydrogen) atoms. The molecule has 1 aliphatic rings. The fourth-order valence-electron chi connectivity index (χ4n) is 2.26. The van der Waals surface area contributed by atoms with E-state index < -0.39 is 0 Å². The second kappa shape index (κ2) is 5.80. The number of hydrogen-bond donors (Lipinski definition) is 0. The predicted molar refractivity (Wildman–Crippen MR) is 69.7 cm³/mol. The third-order valence-electron chi connectivity index (χ3n) is 3.28.